The van der Waals surface area contributed by atoms with E-state index < -0.39 is 0 Å². The summed E-state index contributed by atoms with van der Waals surface area (Å²) in [6.45, 7) is 3.97. The molecule has 6 heteroatoms. The van der Waals surface area contributed by atoms with Crippen molar-refractivity contribution in [1.82, 2.24) is 9.97 Å². The van der Waals surface area contributed by atoms with Gasteiger partial charge in [-0.2, -0.15) is 0 Å². The van der Waals surface area contributed by atoms with Gasteiger partial charge in [0.15, 0.2) is 0 Å². The van der Waals surface area contributed by atoms with Crippen LogP contribution in [0.4, 0.5) is 5.69 Å². The maximum absolute atomic E-state index is 12.1. The van der Waals surface area contributed by atoms with Crippen molar-refractivity contribution in [1.29, 1.82) is 0 Å². The first-order valence-electron chi connectivity index (χ1n) is 7.65. The molecule has 0 fully saturated rings. The van der Waals surface area contributed by atoms with Crippen LogP contribution in [0.5, 0.6) is 0 Å². The van der Waals surface area contributed by atoms with Gasteiger partial charge >= 0.3 is 0 Å². The first-order chi connectivity index (χ1) is 11.5. The third-order valence-electron chi connectivity index (χ3n) is 3.71. The fraction of sp³-hybridized carbons (Fsp3) is 0.222. The number of aromatic nitrogens is 2. The average Bonchev–Trinajstić information content (AvgIpc) is 3.00. The van der Waals surface area contributed by atoms with Gasteiger partial charge in [-0.25, -0.2) is 4.98 Å². The Kier molecular flexibility index (Phi) is 5.11. The number of halogens is 1. The van der Waals surface area contributed by atoms with Gasteiger partial charge in [-0.15, -0.1) is 11.8 Å². The molecule has 4 nitrogen and oxygen atoms in total. The van der Waals surface area contributed by atoms with Crippen molar-refractivity contribution in [3.63, 3.8) is 0 Å². The molecule has 2 aromatic carbocycles. The number of fused-ring (bicyclic) bond motifs is 1. The van der Waals surface area contributed by atoms with E-state index in [1.807, 2.05) is 50.2 Å². The zero-order valence-corrected chi connectivity index (χ0v) is 15.0. The summed E-state index contributed by atoms with van der Waals surface area (Å²) in [5.74, 6) is 1.18. The summed E-state index contributed by atoms with van der Waals surface area (Å²) in [4.78, 5) is 20.0. The number of aromatic amines is 1. The zero-order valence-electron chi connectivity index (χ0n) is 13.5. The molecular formula is C18H18ClN3OS. The lowest BCUT2D eigenvalue weighted by molar-refractivity contribution is -0.113. The molecule has 0 bridgehead atoms. The van der Waals surface area contributed by atoms with Gasteiger partial charge in [-0.3, -0.25) is 4.79 Å². The Bertz CT molecular complexity index is 845. The number of hydrogen-bond acceptors (Lipinski definition) is 3. The van der Waals surface area contributed by atoms with Gasteiger partial charge in [-0.05, 0) is 43.7 Å². The van der Waals surface area contributed by atoms with Crippen LogP contribution in [0.15, 0.2) is 42.5 Å². The smallest absolute Gasteiger partial charge is 0.234 e. The fourth-order valence-electron chi connectivity index (χ4n) is 2.31. The molecule has 0 aliphatic carbocycles. The summed E-state index contributed by atoms with van der Waals surface area (Å²) in [7, 11) is 0. The monoisotopic (exact) mass is 359 g/mol. The van der Waals surface area contributed by atoms with Crippen molar-refractivity contribution in [2.24, 2.45) is 0 Å². The van der Waals surface area contributed by atoms with Crippen molar-refractivity contribution in [2.75, 3.05) is 11.1 Å². The van der Waals surface area contributed by atoms with Gasteiger partial charge in [0.25, 0.3) is 0 Å². The van der Waals surface area contributed by atoms with Crippen LogP contribution < -0.4 is 5.32 Å². The maximum Gasteiger partial charge on any atom is 0.234 e. The van der Waals surface area contributed by atoms with E-state index >= 15 is 0 Å². The standard InChI is InChI=1S/C18H18ClN3OS/c1-11-7-8-13(9-14(11)19)20-17(23)10-24-12(2)18-21-15-5-3-4-6-16(15)22-18/h3-9,12H,10H2,1-2H3,(H,20,23)(H,21,22)/t12-/m1/s1. The van der Waals surface area contributed by atoms with E-state index in [9.17, 15) is 4.79 Å². The zero-order chi connectivity index (χ0) is 17.1. The molecule has 3 aromatic rings. The molecule has 24 heavy (non-hydrogen) atoms. The second-order valence-corrected chi connectivity index (χ2v) is 7.34. The third-order valence-corrected chi connectivity index (χ3v) is 5.27. The number of benzene rings is 2. The molecule has 1 atom stereocenters. The average molecular weight is 360 g/mol. The number of anilines is 1. The quantitative estimate of drug-likeness (QED) is 0.677. The van der Waals surface area contributed by atoms with Crippen LogP contribution in [0.3, 0.4) is 0 Å². The summed E-state index contributed by atoms with van der Waals surface area (Å²) in [6.07, 6.45) is 0. The van der Waals surface area contributed by atoms with Crippen molar-refractivity contribution in [3.8, 4) is 0 Å². The van der Waals surface area contributed by atoms with Crippen LogP contribution in [-0.4, -0.2) is 21.6 Å². The first kappa shape index (κ1) is 16.9. The van der Waals surface area contributed by atoms with Gasteiger partial charge in [0, 0.05) is 10.7 Å². The molecule has 2 N–H and O–H groups in total. The first-order valence-corrected chi connectivity index (χ1v) is 9.08. The number of H-pyrrole nitrogens is 1. The number of nitrogens with one attached hydrogen (secondary N) is 2. The summed E-state index contributed by atoms with van der Waals surface area (Å²) in [6, 6.07) is 13.4. The van der Waals surface area contributed by atoms with E-state index in [1.165, 1.54) is 0 Å². The Labute approximate surface area is 150 Å². The number of carbonyl (C=O) groups excluding carboxylic acids is 1. The van der Waals surface area contributed by atoms with Crippen LogP contribution in [-0.2, 0) is 4.79 Å². The highest BCUT2D eigenvalue weighted by molar-refractivity contribution is 8.00. The molecule has 0 aliphatic rings. The highest BCUT2D eigenvalue weighted by Gasteiger charge is 2.13. The van der Waals surface area contributed by atoms with Crippen LogP contribution in [0.1, 0.15) is 23.6 Å². The molecule has 0 saturated heterocycles. The van der Waals surface area contributed by atoms with Gasteiger partial charge in [-0.1, -0.05) is 29.8 Å². The number of aryl methyl sites for hydroxylation is 1. The van der Waals surface area contributed by atoms with Crippen LogP contribution in [0.2, 0.25) is 5.02 Å². The van der Waals surface area contributed by atoms with Crippen LogP contribution >= 0.6 is 23.4 Å². The summed E-state index contributed by atoms with van der Waals surface area (Å²) < 4.78 is 0. The van der Waals surface area contributed by atoms with Gasteiger partial charge in [0.05, 0.1) is 22.0 Å². The molecule has 124 valence electrons. The predicted octanol–water partition coefficient (Wildman–Crippen LogP) is 4.96. The Morgan fingerprint density at radius 2 is 2.12 bits per heavy atom. The van der Waals surface area contributed by atoms with E-state index in [1.54, 1.807) is 17.8 Å². The molecule has 3 rings (SSSR count). The number of carbonyl (C=O) groups is 1. The highest BCUT2D eigenvalue weighted by Crippen LogP contribution is 2.28. The molecule has 1 amide bonds. The number of imidazole rings is 1. The van der Waals surface area contributed by atoms with E-state index in [4.69, 9.17) is 11.6 Å². The molecule has 0 radical (unpaired) electrons. The fourth-order valence-corrected chi connectivity index (χ4v) is 3.24. The second kappa shape index (κ2) is 7.28. The van der Waals surface area contributed by atoms with Gasteiger partial charge < -0.3 is 10.3 Å². The molecule has 0 saturated carbocycles. The van der Waals surface area contributed by atoms with Crippen molar-refractivity contribution in [3.05, 3.63) is 58.9 Å². The number of hydrogen-bond donors (Lipinski definition) is 2. The van der Waals surface area contributed by atoms with Gasteiger partial charge in [0.1, 0.15) is 5.82 Å². The summed E-state index contributed by atoms with van der Waals surface area (Å²) >= 11 is 7.62. The molecular weight excluding hydrogens is 342 g/mol. The minimum Gasteiger partial charge on any atom is -0.341 e. The molecule has 1 aromatic heterocycles. The Hall–Kier alpha value is -1.98. The van der Waals surface area contributed by atoms with Crippen LogP contribution in [0, 0.1) is 6.92 Å². The SMILES string of the molecule is Cc1ccc(NC(=O)CS[C@H](C)c2nc3ccccc3[nH]2)cc1Cl. The Morgan fingerprint density at radius 1 is 1.33 bits per heavy atom. The van der Waals surface area contributed by atoms with E-state index in [0.29, 0.717) is 16.5 Å². The van der Waals surface area contributed by atoms with E-state index in [2.05, 4.69) is 15.3 Å². The lowest BCUT2D eigenvalue weighted by Crippen LogP contribution is -2.14. The molecule has 0 aliphatic heterocycles. The highest BCUT2D eigenvalue weighted by atomic mass is 35.5. The number of rotatable bonds is 5. The maximum atomic E-state index is 12.1. The normalized spacial score (nSPS) is 12.3. The Morgan fingerprint density at radius 3 is 2.88 bits per heavy atom. The summed E-state index contributed by atoms with van der Waals surface area (Å²) in [5.41, 5.74) is 3.66. The molecule has 1 heterocycles. The lowest BCUT2D eigenvalue weighted by atomic mass is 10.2. The van der Waals surface area contributed by atoms with Crippen molar-refractivity contribution in [2.45, 2.75) is 19.1 Å². The number of para-hydroxylation sites is 2. The topological polar surface area (TPSA) is 57.8 Å². The minimum atomic E-state index is -0.0529. The second-order valence-electron chi connectivity index (χ2n) is 5.60. The van der Waals surface area contributed by atoms with Crippen molar-refractivity contribution >= 4 is 46.0 Å². The number of nitrogens with zero attached hydrogens (tertiary/aromatic N) is 1. The number of thioether (sulfide) groups is 1. The summed E-state index contributed by atoms with van der Waals surface area (Å²) in [5, 5.41) is 3.62. The van der Waals surface area contributed by atoms with Crippen LogP contribution in [0.25, 0.3) is 11.0 Å². The molecule has 0 spiro atoms. The minimum absolute atomic E-state index is 0.0529. The number of amides is 1. The van der Waals surface area contributed by atoms with E-state index in [0.717, 1.165) is 22.4 Å². The lowest BCUT2D eigenvalue weighted by Gasteiger charge is -2.09. The Balaban J connectivity index is 1.58. The molecule has 0 unspecified atom stereocenters. The van der Waals surface area contributed by atoms with Gasteiger partial charge in [0.2, 0.25) is 5.91 Å². The predicted molar refractivity (Wildman–Crippen MR) is 102 cm³/mol. The van der Waals surface area contributed by atoms with E-state index in [-0.39, 0.29) is 11.2 Å². The van der Waals surface area contributed by atoms with Crippen molar-refractivity contribution < 1.29 is 4.79 Å². The largest absolute Gasteiger partial charge is 0.341 e. The third kappa shape index (κ3) is 3.91.